The number of halogens is 1. The quantitative estimate of drug-likeness (QED) is 0.881. The molecule has 72 valence electrons. The van der Waals surface area contributed by atoms with Gasteiger partial charge in [-0.15, -0.1) is 0 Å². The molecule has 0 amide bonds. The van der Waals surface area contributed by atoms with Gasteiger partial charge in [-0.2, -0.15) is 0 Å². The first kappa shape index (κ1) is 9.21. The van der Waals surface area contributed by atoms with Gasteiger partial charge in [0, 0.05) is 18.6 Å². The zero-order chi connectivity index (χ0) is 9.80. The maximum absolute atomic E-state index is 4.18. The SMILES string of the molecule is Brc1cccnc1NCc1ncc[nH]1. The number of nitrogens with one attached hydrogen (secondary N) is 2. The van der Waals surface area contributed by atoms with E-state index in [1.807, 2.05) is 12.1 Å². The van der Waals surface area contributed by atoms with E-state index < -0.39 is 0 Å². The molecule has 0 saturated carbocycles. The van der Waals surface area contributed by atoms with Gasteiger partial charge in [0.25, 0.3) is 0 Å². The highest BCUT2D eigenvalue weighted by Gasteiger charge is 1.99. The van der Waals surface area contributed by atoms with E-state index in [0.717, 1.165) is 16.1 Å². The second-order valence-corrected chi connectivity index (χ2v) is 3.58. The van der Waals surface area contributed by atoms with Gasteiger partial charge in [0.15, 0.2) is 0 Å². The molecule has 0 atom stereocenters. The third-order valence-corrected chi connectivity index (χ3v) is 2.38. The third-order valence-electron chi connectivity index (χ3n) is 1.74. The number of pyridine rings is 1. The summed E-state index contributed by atoms with van der Waals surface area (Å²) in [4.78, 5) is 11.3. The lowest BCUT2D eigenvalue weighted by atomic mass is 10.4. The first-order valence-electron chi connectivity index (χ1n) is 4.19. The number of anilines is 1. The van der Waals surface area contributed by atoms with Gasteiger partial charge in [0.05, 0.1) is 11.0 Å². The largest absolute Gasteiger partial charge is 0.362 e. The van der Waals surface area contributed by atoms with Gasteiger partial charge >= 0.3 is 0 Å². The van der Waals surface area contributed by atoms with Gasteiger partial charge in [-0.1, -0.05) is 0 Å². The van der Waals surface area contributed by atoms with Gasteiger partial charge in [0.1, 0.15) is 11.6 Å². The fraction of sp³-hybridized carbons (Fsp3) is 0.111. The summed E-state index contributed by atoms with van der Waals surface area (Å²) in [5.74, 6) is 1.71. The van der Waals surface area contributed by atoms with Crippen molar-refractivity contribution in [3.8, 4) is 0 Å². The van der Waals surface area contributed by atoms with Crippen LogP contribution in [0.4, 0.5) is 5.82 Å². The van der Waals surface area contributed by atoms with E-state index in [0.29, 0.717) is 6.54 Å². The molecule has 5 heteroatoms. The average Bonchev–Trinajstić information content (AvgIpc) is 2.69. The molecule has 2 aromatic rings. The van der Waals surface area contributed by atoms with Crippen LogP contribution in [-0.4, -0.2) is 15.0 Å². The van der Waals surface area contributed by atoms with Crippen LogP contribution in [0.15, 0.2) is 35.2 Å². The molecule has 0 aliphatic heterocycles. The van der Waals surface area contributed by atoms with Crippen molar-refractivity contribution in [2.75, 3.05) is 5.32 Å². The van der Waals surface area contributed by atoms with E-state index >= 15 is 0 Å². The van der Waals surface area contributed by atoms with E-state index in [2.05, 4.69) is 36.2 Å². The Morgan fingerprint density at radius 1 is 1.36 bits per heavy atom. The van der Waals surface area contributed by atoms with Crippen LogP contribution in [0.25, 0.3) is 0 Å². The van der Waals surface area contributed by atoms with E-state index in [1.165, 1.54) is 0 Å². The topological polar surface area (TPSA) is 53.6 Å². The number of aromatic nitrogens is 3. The molecule has 0 spiro atoms. The first-order valence-corrected chi connectivity index (χ1v) is 4.98. The molecule has 2 rings (SSSR count). The fourth-order valence-electron chi connectivity index (χ4n) is 1.08. The highest BCUT2D eigenvalue weighted by Crippen LogP contribution is 2.18. The van der Waals surface area contributed by atoms with E-state index in [-0.39, 0.29) is 0 Å². The van der Waals surface area contributed by atoms with E-state index in [1.54, 1.807) is 18.6 Å². The molecule has 0 aliphatic carbocycles. The Hall–Kier alpha value is -1.36. The lowest BCUT2D eigenvalue weighted by Gasteiger charge is -2.04. The minimum atomic E-state index is 0.641. The molecular weight excluding hydrogens is 244 g/mol. The normalized spacial score (nSPS) is 10.1. The summed E-state index contributed by atoms with van der Waals surface area (Å²) in [6, 6.07) is 3.82. The molecule has 0 aromatic carbocycles. The predicted octanol–water partition coefficient (Wildman–Crippen LogP) is 2.18. The van der Waals surface area contributed by atoms with Crippen LogP contribution in [0, 0.1) is 0 Å². The first-order chi connectivity index (χ1) is 6.86. The molecule has 2 N–H and O–H groups in total. The maximum atomic E-state index is 4.18. The predicted molar refractivity (Wildman–Crippen MR) is 57.9 cm³/mol. The van der Waals surface area contributed by atoms with Crippen LogP contribution in [-0.2, 0) is 6.54 Å². The smallest absolute Gasteiger partial charge is 0.140 e. The van der Waals surface area contributed by atoms with Crippen LogP contribution < -0.4 is 5.32 Å². The molecule has 0 unspecified atom stereocenters. The molecular formula is C9H9BrN4. The van der Waals surface area contributed by atoms with Crippen LogP contribution in [0.1, 0.15) is 5.82 Å². The Kier molecular flexibility index (Phi) is 2.78. The monoisotopic (exact) mass is 252 g/mol. The van der Waals surface area contributed by atoms with Crippen molar-refractivity contribution in [2.45, 2.75) is 6.54 Å². The molecule has 0 aliphatic rings. The van der Waals surface area contributed by atoms with Crippen molar-refractivity contribution >= 4 is 21.7 Å². The lowest BCUT2D eigenvalue weighted by Crippen LogP contribution is -2.03. The second kappa shape index (κ2) is 4.23. The third kappa shape index (κ3) is 2.11. The highest BCUT2D eigenvalue weighted by molar-refractivity contribution is 9.10. The zero-order valence-electron chi connectivity index (χ0n) is 7.37. The number of hydrogen-bond acceptors (Lipinski definition) is 3. The summed E-state index contributed by atoms with van der Waals surface area (Å²) in [5, 5.41) is 3.16. The summed E-state index contributed by atoms with van der Waals surface area (Å²) in [7, 11) is 0. The summed E-state index contributed by atoms with van der Waals surface area (Å²) in [6.45, 7) is 0.641. The summed E-state index contributed by atoms with van der Waals surface area (Å²) in [5.41, 5.74) is 0. The van der Waals surface area contributed by atoms with Gasteiger partial charge in [0.2, 0.25) is 0 Å². The van der Waals surface area contributed by atoms with Crippen LogP contribution in [0.2, 0.25) is 0 Å². The Morgan fingerprint density at radius 3 is 3.00 bits per heavy atom. The van der Waals surface area contributed by atoms with Gasteiger partial charge in [-0.05, 0) is 28.1 Å². The Labute approximate surface area is 89.9 Å². The van der Waals surface area contributed by atoms with Crippen molar-refractivity contribution in [1.29, 1.82) is 0 Å². The number of hydrogen-bond donors (Lipinski definition) is 2. The van der Waals surface area contributed by atoms with Gasteiger partial charge in [-0.25, -0.2) is 9.97 Å². The zero-order valence-corrected chi connectivity index (χ0v) is 8.95. The molecule has 2 aromatic heterocycles. The number of rotatable bonds is 3. The van der Waals surface area contributed by atoms with Gasteiger partial charge in [-0.3, -0.25) is 0 Å². The summed E-state index contributed by atoms with van der Waals surface area (Å²) in [6.07, 6.45) is 5.27. The number of imidazole rings is 1. The maximum Gasteiger partial charge on any atom is 0.140 e. The van der Waals surface area contributed by atoms with Crippen LogP contribution in [0.5, 0.6) is 0 Å². The second-order valence-electron chi connectivity index (χ2n) is 2.72. The van der Waals surface area contributed by atoms with Crippen molar-refractivity contribution in [1.82, 2.24) is 15.0 Å². The summed E-state index contributed by atoms with van der Waals surface area (Å²) >= 11 is 3.40. The van der Waals surface area contributed by atoms with Crippen LogP contribution >= 0.6 is 15.9 Å². The number of aromatic amines is 1. The minimum Gasteiger partial charge on any atom is -0.362 e. The molecule has 0 radical (unpaired) electrons. The molecule has 14 heavy (non-hydrogen) atoms. The number of nitrogens with zero attached hydrogens (tertiary/aromatic N) is 2. The fourth-order valence-corrected chi connectivity index (χ4v) is 1.47. The molecule has 0 saturated heterocycles. The molecule has 2 heterocycles. The Balaban J connectivity index is 2.02. The number of H-pyrrole nitrogens is 1. The summed E-state index contributed by atoms with van der Waals surface area (Å²) < 4.78 is 0.951. The van der Waals surface area contributed by atoms with Crippen molar-refractivity contribution in [3.63, 3.8) is 0 Å². The highest BCUT2D eigenvalue weighted by atomic mass is 79.9. The average molecular weight is 253 g/mol. The lowest BCUT2D eigenvalue weighted by molar-refractivity contribution is 0.986. The molecule has 4 nitrogen and oxygen atoms in total. The standard InChI is InChI=1S/C9H9BrN4/c10-7-2-1-3-13-9(7)14-6-8-11-4-5-12-8/h1-5H,6H2,(H,11,12)(H,13,14). The van der Waals surface area contributed by atoms with Crippen molar-refractivity contribution in [2.24, 2.45) is 0 Å². The Morgan fingerprint density at radius 2 is 2.29 bits per heavy atom. The van der Waals surface area contributed by atoms with Crippen molar-refractivity contribution in [3.05, 3.63) is 41.0 Å². The van der Waals surface area contributed by atoms with Gasteiger partial charge < -0.3 is 10.3 Å². The Bertz CT molecular complexity index is 399. The molecule has 0 fully saturated rings. The van der Waals surface area contributed by atoms with Crippen LogP contribution in [0.3, 0.4) is 0 Å². The van der Waals surface area contributed by atoms with E-state index in [4.69, 9.17) is 0 Å². The van der Waals surface area contributed by atoms with E-state index in [9.17, 15) is 0 Å². The van der Waals surface area contributed by atoms with Crippen molar-refractivity contribution < 1.29 is 0 Å². The minimum absolute atomic E-state index is 0.641. The molecule has 0 bridgehead atoms.